The van der Waals surface area contributed by atoms with Gasteiger partial charge in [0.1, 0.15) is 0 Å². The maximum atomic E-state index is 5.95. The molecule has 0 unspecified atom stereocenters. The minimum atomic E-state index is 0.250. The van der Waals surface area contributed by atoms with E-state index in [1.165, 1.54) is 0 Å². The van der Waals surface area contributed by atoms with Crippen molar-refractivity contribution in [3.8, 4) is 0 Å². The first-order valence-corrected chi connectivity index (χ1v) is 8.99. The Kier molecular flexibility index (Phi) is 4.28. The van der Waals surface area contributed by atoms with Crippen molar-refractivity contribution in [1.82, 2.24) is 29.9 Å². The summed E-state index contributed by atoms with van der Waals surface area (Å²) in [7, 11) is 0. The first kappa shape index (κ1) is 15.0. The molecule has 0 bridgehead atoms. The maximum Gasteiger partial charge on any atom is 0.187 e. The number of hydrogen-bond donors (Lipinski definition) is 0. The van der Waals surface area contributed by atoms with Gasteiger partial charge < -0.3 is 4.74 Å². The van der Waals surface area contributed by atoms with Crippen molar-refractivity contribution < 1.29 is 4.74 Å². The highest BCUT2D eigenvalue weighted by atomic mass is 32.2. The van der Waals surface area contributed by atoms with Crippen molar-refractivity contribution in [1.29, 1.82) is 0 Å². The van der Waals surface area contributed by atoms with Gasteiger partial charge in [-0.2, -0.15) is 0 Å². The van der Waals surface area contributed by atoms with Gasteiger partial charge in [-0.05, 0) is 12.2 Å². The van der Waals surface area contributed by atoms with Crippen LogP contribution >= 0.6 is 11.8 Å². The number of thioether (sulfide) groups is 1. The van der Waals surface area contributed by atoms with Crippen LogP contribution in [0.25, 0.3) is 0 Å². The van der Waals surface area contributed by atoms with Crippen LogP contribution in [0.5, 0.6) is 0 Å². The summed E-state index contributed by atoms with van der Waals surface area (Å²) in [5, 5.41) is 9.12. The van der Waals surface area contributed by atoms with E-state index in [-0.39, 0.29) is 12.1 Å². The summed E-state index contributed by atoms with van der Waals surface area (Å²) in [4.78, 5) is 11.3. The first-order chi connectivity index (χ1) is 11.3. The number of piperidine rings is 1. The molecule has 4 rings (SSSR count). The molecule has 2 aliphatic heterocycles. The van der Waals surface area contributed by atoms with Crippen LogP contribution in [-0.4, -0.2) is 54.8 Å². The third kappa shape index (κ3) is 3.11. The molecule has 0 amide bonds. The summed E-state index contributed by atoms with van der Waals surface area (Å²) in [6.45, 7) is 5.54. The van der Waals surface area contributed by atoms with Crippen molar-refractivity contribution in [2.45, 2.75) is 43.8 Å². The monoisotopic (exact) mass is 332 g/mol. The Labute approximate surface area is 139 Å². The fourth-order valence-electron chi connectivity index (χ4n) is 3.27. The maximum absolute atomic E-state index is 5.95. The number of fused-ring (bicyclic) bond motifs is 3. The number of likely N-dealkylation sites (tertiary alicyclic amines) is 1. The van der Waals surface area contributed by atoms with Gasteiger partial charge in [-0.1, -0.05) is 23.9 Å². The van der Waals surface area contributed by atoms with Crippen LogP contribution in [0.3, 0.4) is 0 Å². The zero-order valence-electron chi connectivity index (χ0n) is 13.1. The number of ether oxygens (including phenoxy) is 1. The van der Waals surface area contributed by atoms with Gasteiger partial charge in [0.2, 0.25) is 0 Å². The van der Waals surface area contributed by atoms with Crippen molar-refractivity contribution in [3.05, 3.63) is 29.8 Å². The molecule has 2 atom stereocenters. The summed E-state index contributed by atoms with van der Waals surface area (Å²) in [6.07, 6.45) is 6.95. The molecule has 23 heavy (non-hydrogen) atoms. The van der Waals surface area contributed by atoms with E-state index in [9.17, 15) is 0 Å². The van der Waals surface area contributed by atoms with Gasteiger partial charge in [0.05, 0.1) is 30.6 Å². The quantitative estimate of drug-likeness (QED) is 0.621. The Hall–Kier alpha value is -1.51. The fourth-order valence-corrected chi connectivity index (χ4v) is 3.79. The molecule has 0 aliphatic carbocycles. The standard InChI is InChI=1S/C15H20N6OS/c1-2-23-15-16-5-11(6-17-15)8-20-4-3-14-13(9-20)21-12(10-22-14)7-18-19-21/h5-7,13-14H,2-4,8-10H2,1H3/t13-,14-/m0/s1. The molecule has 2 aromatic rings. The summed E-state index contributed by atoms with van der Waals surface area (Å²) < 4.78 is 7.99. The molecule has 0 aromatic carbocycles. The van der Waals surface area contributed by atoms with E-state index in [2.05, 4.69) is 32.1 Å². The van der Waals surface area contributed by atoms with Gasteiger partial charge in [-0.15, -0.1) is 5.10 Å². The van der Waals surface area contributed by atoms with E-state index in [0.717, 1.165) is 48.2 Å². The van der Waals surface area contributed by atoms with Crippen molar-refractivity contribution >= 4 is 11.8 Å². The lowest BCUT2D eigenvalue weighted by molar-refractivity contribution is -0.0670. The molecular formula is C15H20N6OS. The lowest BCUT2D eigenvalue weighted by Gasteiger charge is -2.40. The zero-order valence-corrected chi connectivity index (χ0v) is 13.9. The average Bonchev–Trinajstić information content (AvgIpc) is 3.06. The molecule has 8 heteroatoms. The summed E-state index contributed by atoms with van der Waals surface area (Å²) in [6, 6.07) is 0.255. The minimum Gasteiger partial charge on any atom is -0.370 e. The van der Waals surface area contributed by atoms with Crippen molar-refractivity contribution in [2.75, 3.05) is 18.8 Å². The second-order valence-corrected chi connectivity index (χ2v) is 7.15. The van der Waals surface area contributed by atoms with Crippen LogP contribution in [0.4, 0.5) is 0 Å². The summed E-state index contributed by atoms with van der Waals surface area (Å²) >= 11 is 1.67. The van der Waals surface area contributed by atoms with Crippen molar-refractivity contribution in [2.24, 2.45) is 0 Å². The normalized spacial score (nSPS) is 24.2. The lowest BCUT2D eigenvalue weighted by atomic mass is 10.00. The third-order valence-electron chi connectivity index (χ3n) is 4.37. The van der Waals surface area contributed by atoms with E-state index >= 15 is 0 Å². The molecule has 2 aliphatic rings. The number of rotatable bonds is 4. The highest BCUT2D eigenvalue weighted by molar-refractivity contribution is 7.99. The molecule has 0 spiro atoms. The highest BCUT2D eigenvalue weighted by Gasteiger charge is 2.36. The largest absolute Gasteiger partial charge is 0.370 e. The lowest BCUT2D eigenvalue weighted by Crippen LogP contribution is -2.47. The van der Waals surface area contributed by atoms with Gasteiger partial charge in [-0.25, -0.2) is 14.6 Å². The van der Waals surface area contributed by atoms with Gasteiger partial charge in [0, 0.05) is 37.6 Å². The van der Waals surface area contributed by atoms with E-state index in [1.54, 1.807) is 18.0 Å². The van der Waals surface area contributed by atoms with Crippen LogP contribution < -0.4 is 0 Å². The van der Waals surface area contributed by atoms with Crippen LogP contribution in [0.2, 0.25) is 0 Å². The zero-order chi connectivity index (χ0) is 15.6. The Morgan fingerprint density at radius 1 is 1.30 bits per heavy atom. The molecule has 1 fully saturated rings. The minimum absolute atomic E-state index is 0.250. The topological polar surface area (TPSA) is 69.0 Å². The molecule has 122 valence electrons. The average molecular weight is 332 g/mol. The smallest absolute Gasteiger partial charge is 0.187 e. The van der Waals surface area contributed by atoms with Crippen LogP contribution in [0, 0.1) is 0 Å². The molecular weight excluding hydrogens is 312 g/mol. The van der Waals surface area contributed by atoms with Gasteiger partial charge in [0.15, 0.2) is 5.16 Å². The van der Waals surface area contributed by atoms with E-state index in [0.29, 0.717) is 6.61 Å². The first-order valence-electron chi connectivity index (χ1n) is 8.00. The van der Waals surface area contributed by atoms with E-state index < -0.39 is 0 Å². The van der Waals surface area contributed by atoms with E-state index in [1.807, 2.05) is 17.1 Å². The number of aromatic nitrogens is 5. The number of hydrogen-bond acceptors (Lipinski definition) is 7. The fraction of sp³-hybridized carbons (Fsp3) is 0.600. The Balaban J connectivity index is 1.43. The Morgan fingerprint density at radius 2 is 2.17 bits per heavy atom. The molecule has 1 saturated heterocycles. The predicted octanol–water partition coefficient (Wildman–Crippen LogP) is 1.53. The van der Waals surface area contributed by atoms with Crippen LogP contribution in [-0.2, 0) is 17.9 Å². The summed E-state index contributed by atoms with van der Waals surface area (Å²) in [5.74, 6) is 0.995. The van der Waals surface area contributed by atoms with Gasteiger partial charge in [0.25, 0.3) is 0 Å². The molecule has 0 N–H and O–H groups in total. The highest BCUT2D eigenvalue weighted by Crippen LogP contribution is 2.30. The van der Waals surface area contributed by atoms with Gasteiger partial charge >= 0.3 is 0 Å². The second-order valence-electron chi connectivity index (χ2n) is 5.92. The molecule has 7 nitrogen and oxygen atoms in total. The third-order valence-corrected chi connectivity index (χ3v) is 5.13. The summed E-state index contributed by atoms with van der Waals surface area (Å²) in [5.41, 5.74) is 2.22. The Bertz CT molecular complexity index is 660. The molecule has 0 saturated carbocycles. The molecule has 0 radical (unpaired) electrons. The second kappa shape index (κ2) is 6.54. The predicted molar refractivity (Wildman–Crippen MR) is 86.0 cm³/mol. The molecule has 4 heterocycles. The van der Waals surface area contributed by atoms with E-state index in [4.69, 9.17) is 4.74 Å². The molecule has 2 aromatic heterocycles. The number of nitrogens with zero attached hydrogens (tertiary/aromatic N) is 6. The van der Waals surface area contributed by atoms with Gasteiger partial charge in [-0.3, -0.25) is 4.90 Å². The SMILES string of the molecule is CCSc1ncc(CN2CC[C@@H]3OCc4cnnn4[C@H]3C2)cn1. The van der Waals surface area contributed by atoms with Crippen LogP contribution in [0.1, 0.15) is 30.6 Å². The van der Waals surface area contributed by atoms with Crippen LogP contribution in [0.15, 0.2) is 23.7 Å². The Morgan fingerprint density at radius 3 is 3.00 bits per heavy atom. The van der Waals surface area contributed by atoms with Crippen molar-refractivity contribution in [3.63, 3.8) is 0 Å².